The van der Waals surface area contributed by atoms with Crippen LogP contribution in [0.5, 0.6) is 17.4 Å². The summed E-state index contributed by atoms with van der Waals surface area (Å²) in [6.45, 7) is 1.63. The van der Waals surface area contributed by atoms with Gasteiger partial charge >= 0.3 is 5.97 Å². The Morgan fingerprint density at radius 3 is 2.42 bits per heavy atom. The molecule has 3 rings (SSSR count). The van der Waals surface area contributed by atoms with Crippen molar-refractivity contribution in [3.8, 4) is 17.4 Å². The van der Waals surface area contributed by atoms with Crippen molar-refractivity contribution in [1.29, 1.82) is 0 Å². The Morgan fingerprint density at radius 2 is 1.67 bits per heavy atom. The summed E-state index contributed by atoms with van der Waals surface area (Å²) in [5, 5.41) is 1.06. The van der Waals surface area contributed by atoms with E-state index >= 15 is 0 Å². The Bertz CT molecular complexity index is 845. The van der Waals surface area contributed by atoms with Gasteiger partial charge in [0.15, 0.2) is 6.10 Å². The molecule has 0 saturated heterocycles. The van der Waals surface area contributed by atoms with Crippen molar-refractivity contribution in [2.75, 3.05) is 7.11 Å². The van der Waals surface area contributed by atoms with E-state index in [-0.39, 0.29) is 0 Å². The quantitative estimate of drug-likeness (QED) is 0.665. The van der Waals surface area contributed by atoms with Crippen molar-refractivity contribution in [3.05, 3.63) is 60.7 Å². The minimum atomic E-state index is -0.663. The monoisotopic (exact) mass is 323 g/mol. The topological polar surface area (TPSA) is 57.7 Å². The van der Waals surface area contributed by atoms with Crippen LogP contribution in [0.2, 0.25) is 0 Å². The molecule has 1 heterocycles. The summed E-state index contributed by atoms with van der Waals surface area (Å²) in [6, 6.07) is 18.6. The molecule has 0 fully saturated rings. The highest BCUT2D eigenvalue weighted by atomic mass is 16.6. The van der Waals surface area contributed by atoms with Crippen molar-refractivity contribution >= 4 is 16.9 Å². The van der Waals surface area contributed by atoms with Crippen LogP contribution in [0.15, 0.2) is 60.7 Å². The van der Waals surface area contributed by atoms with Gasteiger partial charge in [-0.1, -0.05) is 18.2 Å². The molecule has 0 radical (unpaired) electrons. The van der Waals surface area contributed by atoms with Crippen molar-refractivity contribution in [2.45, 2.75) is 13.0 Å². The lowest BCUT2D eigenvalue weighted by Gasteiger charge is -2.12. The van der Waals surface area contributed by atoms with Crippen molar-refractivity contribution < 1.29 is 19.0 Å². The number of ether oxygens (including phenoxy) is 3. The minimum Gasteiger partial charge on any atom is -0.479 e. The number of aromatic nitrogens is 1. The molecule has 0 bridgehead atoms. The molecule has 5 nitrogen and oxygen atoms in total. The van der Waals surface area contributed by atoms with Crippen LogP contribution in [0.3, 0.4) is 0 Å². The summed E-state index contributed by atoms with van der Waals surface area (Å²) in [5.41, 5.74) is 0.877. The number of hydrogen-bond acceptors (Lipinski definition) is 5. The third-order valence-corrected chi connectivity index (χ3v) is 3.46. The molecule has 0 aliphatic carbocycles. The van der Waals surface area contributed by atoms with E-state index in [0.717, 1.165) is 10.9 Å². The highest BCUT2D eigenvalue weighted by Crippen LogP contribution is 2.24. The third kappa shape index (κ3) is 3.63. The van der Waals surface area contributed by atoms with Gasteiger partial charge in [-0.15, -0.1) is 0 Å². The normalized spacial score (nSPS) is 11.8. The maximum atomic E-state index is 11.4. The highest BCUT2D eigenvalue weighted by molar-refractivity contribution is 5.78. The number of para-hydroxylation sites is 1. The molecule has 122 valence electrons. The van der Waals surface area contributed by atoms with Gasteiger partial charge in [0.1, 0.15) is 11.5 Å². The standard InChI is InChI=1S/C19H17NO4/c1-13(19(21)22-2)23-15-8-10-16(11-9-15)24-18-12-7-14-5-3-4-6-17(14)20-18/h3-13H,1-2H3. The predicted octanol–water partition coefficient (Wildman–Crippen LogP) is 3.97. The number of hydrogen-bond donors (Lipinski definition) is 0. The average Bonchev–Trinajstić information content (AvgIpc) is 2.62. The highest BCUT2D eigenvalue weighted by Gasteiger charge is 2.14. The van der Waals surface area contributed by atoms with Crippen LogP contribution in [0.25, 0.3) is 10.9 Å². The number of fused-ring (bicyclic) bond motifs is 1. The van der Waals surface area contributed by atoms with E-state index in [0.29, 0.717) is 17.4 Å². The van der Waals surface area contributed by atoms with Crippen LogP contribution >= 0.6 is 0 Å². The maximum Gasteiger partial charge on any atom is 0.346 e. The molecule has 1 atom stereocenters. The summed E-state index contributed by atoms with van der Waals surface area (Å²) in [6.07, 6.45) is -0.663. The largest absolute Gasteiger partial charge is 0.479 e. The first-order chi connectivity index (χ1) is 11.7. The number of benzene rings is 2. The molecule has 0 N–H and O–H groups in total. The van der Waals surface area contributed by atoms with Crippen LogP contribution in [0, 0.1) is 0 Å². The van der Waals surface area contributed by atoms with Gasteiger partial charge in [0.05, 0.1) is 12.6 Å². The van der Waals surface area contributed by atoms with Gasteiger partial charge in [0.25, 0.3) is 0 Å². The average molecular weight is 323 g/mol. The Hall–Kier alpha value is -3.08. The Balaban J connectivity index is 1.70. The zero-order valence-corrected chi connectivity index (χ0v) is 13.4. The second-order valence-corrected chi connectivity index (χ2v) is 5.20. The SMILES string of the molecule is COC(=O)C(C)Oc1ccc(Oc2ccc3ccccc3n2)cc1. The first kappa shape index (κ1) is 15.8. The van der Waals surface area contributed by atoms with Crippen LogP contribution < -0.4 is 9.47 Å². The van der Waals surface area contributed by atoms with E-state index in [1.54, 1.807) is 31.2 Å². The summed E-state index contributed by atoms with van der Waals surface area (Å²) in [5.74, 6) is 1.29. The number of methoxy groups -OCH3 is 1. The van der Waals surface area contributed by atoms with Crippen LogP contribution in [-0.2, 0) is 9.53 Å². The molecule has 2 aromatic carbocycles. The molecule has 0 aliphatic rings. The van der Waals surface area contributed by atoms with E-state index in [2.05, 4.69) is 9.72 Å². The first-order valence-electron chi connectivity index (χ1n) is 7.54. The molecule has 0 spiro atoms. The maximum absolute atomic E-state index is 11.4. The van der Waals surface area contributed by atoms with Crippen LogP contribution in [0.4, 0.5) is 0 Å². The van der Waals surface area contributed by atoms with E-state index in [1.807, 2.05) is 36.4 Å². The number of pyridine rings is 1. The molecule has 0 aliphatic heterocycles. The smallest absolute Gasteiger partial charge is 0.346 e. The molecule has 3 aromatic rings. The molecule has 0 saturated carbocycles. The summed E-state index contributed by atoms with van der Waals surface area (Å²) in [7, 11) is 1.33. The molecule has 1 unspecified atom stereocenters. The number of carbonyl (C=O) groups excluding carboxylic acids is 1. The Kier molecular flexibility index (Phi) is 4.61. The number of nitrogens with zero attached hydrogens (tertiary/aromatic N) is 1. The molecular formula is C19H17NO4. The lowest BCUT2D eigenvalue weighted by molar-refractivity contribution is -0.147. The number of esters is 1. The fourth-order valence-electron chi connectivity index (χ4n) is 2.23. The lowest BCUT2D eigenvalue weighted by Crippen LogP contribution is -2.24. The Labute approximate surface area is 139 Å². The predicted molar refractivity (Wildman–Crippen MR) is 90.4 cm³/mol. The van der Waals surface area contributed by atoms with E-state index in [4.69, 9.17) is 9.47 Å². The zero-order valence-electron chi connectivity index (χ0n) is 13.4. The van der Waals surface area contributed by atoms with Gasteiger partial charge < -0.3 is 14.2 Å². The van der Waals surface area contributed by atoms with Gasteiger partial charge in [0, 0.05) is 11.5 Å². The van der Waals surface area contributed by atoms with Crippen LogP contribution in [0.1, 0.15) is 6.92 Å². The lowest BCUT2D eigenvalue weighted by atomic mass is 10.2. The fourth-order valence-corrected chi connectivity index (χ4v) is 2.23. The zero-order chi connectivity index (χ0) is 16.9. The third-order valence-electron chi connectivity index (χ3n) is 3.46. The molecular weight excluding hydrogens is 306 g/mol. The van der Waals surface area contributed by atoms with E-state index in [1.165, 1.54) is 7.11 Å². The Morgan fingerprint density at radius 1 is 0.958 bits per heavy atom. The minimum absolute atomic E-state index is 0.421. The van der Waals surface area contributed by atoms with E-state index < -0.39 is 12.1 Å². The molecule has 1 aromatic heterocycles. The van der Waals surface area contributed by atoms with Crippen molar-refractivity contribution in [2.24, 2.45) is 0 Å². The first-order valence-corrected chi connectivity index (χ1v) is 7.54. The van der Waals surface area contributed by atoms with Gasteiger partial charge in [-0.2, -0.15) is 0 Å². The number of rotatable bonds is 5. The summed E-state index contributed by atoms with van der Waals surface area (Å²) >= 11 is 0. The van der Waals surface area contributed by atoms with Gasteiger partial charge in [-0.05, 0) is 43.3 Å². The van der Waals surface area contributed by atoms with Gasteiger partial charge in [0.2, 0.25) is 5.88 Å². The summed E-state index contributed by atoms with van der Waals surface area (Å²) < 4.78 is 15.9. The second-order valence-electron chi connectivity index (χ2n) is 5.20. The molecule has 5 heteroatoms. The molecule has 0 amide bonds. The second kappa shape index (κ2) is 7.00. The van der Waals surface area contributed by atoms with Gasteiger partial charge in [-0.25, -0.2) is 9.78 Å². The summed E-state index contributed by atoms with van der Waals surface area (Å²) in [4.78, 5) is 15.8. The fraction of sp³-hybridized carbons (Fsp3) is 0.158. The van der Waals surface area contributed by atoms with Crippen molar-refractivity contribution in [3.63, 3.8) is 0 Å². The molecule has 24 heavy (non-hydrogen) atoms. The number of carbonyl (C=O) groups is 1. The van der Waals surface area contributed by atoms with Gasteiger partial charge in [-0.3, -0.25) is 0 Å². The van der Waals surface area contributed by atoms with E-state index in [9.17, 15) is 4.79 Å². The van der Waals surface area contributed by atoms with Crippen molar-refractivity contribution in [1.82, 2.24) is 4.98 Å². The van der Waals surface area contributed by atoms with Crippen LogP contribution in [-0.4, -0.2) is 24.2 Å².